The minimum atomic E-state index is 0.0687. The second kappa shape index (κ2) is 5.98. The highest BCUT2D eigenvalue weighted by Crippen LogP contribution is 2.07. The highest BCUT2D eigenvalue weighted by Gasteiger charge is 2.15. The summed E-state index contributed by atoms with van der Waals surface area (Å²) in [5.74, 6) is 0.0687. The molecule has 0 spiro atoms. The molecule has 1 atom stereocenters. The third kappa shape index (κ3) is 4.07. The van der Waals surface area contributed by atoms with Crippen molar-refractivity contribution in [2.24, 2.45) is 5.73 Å². The molecule has 0 radical (unpaired) electrons. The van der Waals surface area contributed by atoms with Crippen molar-refractivity contribution >= 4 is 5.91 Å². The van der Waals surface area contributed by atoms with Gasteiger partial charge in [0.05, 0.1) is 0 Å². The van der Waals surface area contributed by atoms with Crippen molar-refractivity contribution in [1.82, 2.24) is 10.2 Å². The smallest absolute Gasteiger partial charge is 0.221 e. The summed E-state index contributed by atoms with van der Waals surface area (Å²) in [5, 5.41) is 2.95. The van der Waals surface area contributed by atoms with E-state index in [9.17, 15) is 4.79 Å². The Morgan fingerprint density at radius 2 is 2.14 bits per heavy atom. The second-order valence-electron chi connectivity index (χ2n) is 4.01. The van der Waals surface area contributed by atoms with Crippen LogP contribution in [0.15, 0.2) is 0 Å². The maximum absolute atomic E-state index is 11.2. The van der Waals surface area contributed by atoms with E-state index in [1.807, 2.05) is 6.92 Å². The van der Waals surface area contributed by atoms with Gasteiger partial charge in [-0.3, -0.25) is 4.79 Å². The van der Waals surface area contributed by atoms with E-state index >= 15 is 0 Å². The fourth-order valence-electron chi connectivity index (χ4n) is 1.88. The fourth-order valence-corrected chi connectivity index (χ4v) is 1.88. The van der Waals surface area contributed by atoms with Gasteiger partial charge in [0.2, 0.25) is 5.91 Å². The van der Waals surface area contributed by atoms with Gasteiger partial charge in [-0.1, -0.05) is 0 Å². The maximum Gasteiger partial charge on any atom is 0.221 e. The Morgan fingerprint density at radius 3 is 2.71 bits per heavy atom. The van der Waals surface area contributed by atoms with E-state index < -0.39 is 0 Å². The van der Waals surface area contributed by atoms with Gasteiger partial charge in [0.15, 0.2) is 0 Å². The first-order valence-corrected chi connectivity index (χ1v) is 5.44. The van der Waals surface area contributed by atoms with E-state index in [0.29, 0.717) is 13.0 Å². The standard InChI is InChI=1S/C10H21N3O/c1-9(12-10(14)4-5-11)8-13-6-2-3-7-13/h9H,2-8,11H2,1H3,(H,12,14). The van der Waals surface area contributed by atoms with E-state index in [0.717, 1.165) is 6.54 Å². The highest BCUT2D eigenvalue weighted by atomic mass is 16.1. The fraction of sp³-hybridized carbons (Fsp3) is 0.900. The summed E-state index contributed by atoms with van der Waals surface area (Å²) in [4.78, 5) is 13.6. The number of nitrogens with zero attached hydrogens (tertiary/aromatic N) is 1. The lowest BCUT2D eigenvalue weighted by atomic mass is 10.3. The molecule has 14 heavy (non-hydrogen) atoms. The molecule has 0 aliphatic carbocycles. The minimum Gasteiger partial charge on any atom is -0.352 e. The molecule has 1 saturated heterocycles. The van der Waals surface area contributed by atoms with Crippen molar-refractivity contribution in [3.63, 3.8) is 0 Å². The van der Waals surface area contributed by atoms with E-state index in [-0.39, 0.29) is 11.9 Å². The van der Waals surface area contributed by atoms with Crippen molar-refractivity contribution in [2.45, 2.75) is 32.2 Å². The first kappa shape index (κ1) is 11.5. The molecule has 0 saturated carbocycles. The monoisotopic (exact) mass is 199 g/mol. The number of amides is 1. The van der Waals surface area contributed by atoms with Gasteiger partial charge in [0.1, 0.15) is 0 Å². The second-order valence-corrected chi connectivity index (χ2v) is 4.01. The Morgan fingerprint density at radius 1 is 1.50 bits per heavy atom. The minimum absolute atomic E-state index is 0.0687. The van der Waals surface area contributed by atoms with Crippen LogP contribution in [-0.4, -0.2) is 43.0 Å². The van der Waals surface area contributed by atoms with Gasteiger partial charge < -0.3 is 16.0 Å². The Hall–Kier alpha value is -0.610. The Labute approximate surface area is 85.8 Å². The van der Waals surface area contributed by atoms with Gasteiger partial charge in [0.25, 0.3) is 0 Å². The highest BCUT2D eigenvalue weighted by molar-refractivity contribution is 5.76. The quantitative estimate of drug-likeness (QED) is 0.652. The normalized spacial score (nSPS) is 19.6. The zero-order valence-electron chi connectivity index (χ0n) is 8.96. The molecule has 0 bridgehead atoms. The number of nitrogens with two attached hydrogens (primary N) is 1. The maximum atomic E-state index is 11.2. The number of carbonyl (C=O) groups excluding carboxylic acids is 1. The van der Waals surface area contributed by atoms with Crippen LogP contribution in [0.2, 0.25) is 0 Å². The average Bonchev–Trinajstić information content (AvgIpc) is 2.56. The number of hydrogen-bond donors (Lipinski definition) is 2. The summed E-state index contributed by atoms with van der Waals surface area (Å²) >= 11 is 0. The summed E-state index contributed by atoms with van der Waals surface area (Å²) in [6.07, 6.45) is 3.03. The van der Waals surface area contributed by atoms with Crippen LogP contribution in [0.3, 0.4) is 0 Å². The lowest BCUT2D eigenvalue weighted by Gasteiger charge is -2.21. The first-order valence-electron chi connectivity index (χ1n) is 5.44. The van der Waals surface area contributed by atoms with E-state index in [2.05, 4.69) is 10.2 Å². The molecule has 1 fully saturated rings. The molecule has 1 unspecified atom stereocenters. The van der Waals surface area contributed by atoms with Gasteiger partial charge in [-0.15, -0.1) is 0 Å². The summed E-state index contributed by atoms with van der Waals surface area (Å²) in [6.45, 7) is 5.81. The molecular weight excluding hydrogens is 178 g/mol. The molecule has 3 N–H and O–H groups in total. The van der Waals surface area contributed by atoms with Crippen molar-refractivity contribution in [3.05, 3.63) is 0 Å². The van der Waals surface area contributed by atoms with Crippen molar-refractivity contribution in [1.29, 1.82) is 0 Å². The molecule has 1 aliphatic heterocycles. The molecule has 4 heteroatoms. The van der Waals surface area contributed by atoms with Crippen LogP contribution in [0.4, 0.5) is 0 Å². The molecule has 82 valence electrons. The number of nitrogens with one attached hydrogen (secondary N) is 1. The summed E-state index contributed by atoms with van der Waals surface area (Å²) < 4.78 is 0. The summed E-state index contributed by atoms with van der Waals surface area (Å²) in [5.41, 5.74) is 5.30. The van der Waals surface area contributed by atoms with Crippen LogP contribution in [0, 0.1) is 0 Å². The van der Waals surface area contributed by atoms with Crippen LogP contribution in [-0.2, 0) is 4.79 Å². The van der Waals surface area contributed by atoms with Crippen LogP contribution in [0.1, 0.15) is 26.2 Å². The molecule has 0 aromatic heterocycles. The summed E-state index contributed by atoms with van der Waals surface area (Å²) in [6, 6.07) is 0.243. The topological polar surface area (TPSA) is 58.4 Å². The lowest BCUT2D eigenvalue weighted by molar-refractivity contribution is -0.121. The van der Waals surface area contributed by atoms with Crippen LogP contribution >= 0.6 is 0 Å². The molecule has 4 nitrogen and oxygen atoms in total. The molecular formula is C10H21N3O. The van der Waals surface area contributed by atoms with E-state index in [1.165, 1.54) is 25.9 Å². The Bertz CT molecular complexity index is 178. The zero-order valence-corrected chi connectivity index (χ0v) is 8.96. The van der Waals surface area contributed by atoms with Gasteiger partial charge in [-0.05, 0) is 32.9 Å². The van der Waals surface area contributed by atoms with Crippen LogP contribution in [0.5, 0.6) is 0 Å². The number of hydrogen-bond acceptors (Lipinski definition) is 3. The summed E-state index contributed by atoms with van der Waals surface area (Å²) in [7, 11) is 0. The van der Waals surface area contributed by atoms with Crippen molar-refractivity contribution in [2.75, 3.05) is 26.2 Å². The van der Waals surface area contributed by atoms with Gasteiger partial charge >= 0.3 is 0 Å². The van der Waals surface area contributed by atoms with Crippen molar-refractivity contribution < 1.29 is 4.79 Å². The first-order chi connectivity index (χ1) is 6.72. The molecule has 0 aromatic carbocycles. The van der Waals surface area contributed by atoms with Crippen molar-refractivity contribution in [3.8, 4) is 0 Å². The number of carbonyl (C=O) groups is 1. The predicted molar refractivity (Wildman–Crippen MR) is 57.0 cm³/mol. The van der Waals surface area contributed by atoms with Crippen LogP contribution < -0.4 is 11.1 Å². The molecule has 1 heterocycles. The van der Waals surface area contributed by atoms with Gasteiger partial charge in [0, 0.05) is 25.6 Å². The number of rotatable bonds is 5. The Balaban J connectivity index is 2.14. The van der Waals surface area contributed by atoms with E-state index in [1.54, 1.807) is 0 Å². The molecule has 1 rings (SSSR count). The Kier molecular flexibility index (Phi) is 4.90. The van der Waals surface area contributed by atoms with Gasteiger partial charge in [-0.2, -0.15) is 0 Å². The zero-order chi connectivity index (χ0) is 10.4. The third-order valence-electron chi connectivity index (χ3n) is 2.51. The van der Waals surface area contributed by atoms with E-state index in [4.69, 9.17) is 5.73 Å². The SMILES string of the molecule is CC(CN1CCCC1)NC(=O)CCN. The van der Waals surface area contributed by atoms with Crippen LogP contribution in [0.25, 0.3) is 0 Å². The van der Waals surface area contributed by atoms with Gasteiger partial charge in [-0.25, -0.2) is 0 Å². The largest absolute Gasteiger partial charge is 0.352 e. The lowest BCUT2D eigenvalue weighted by Crippen LogP contribution is -2.41. The molecule has 0 aromatic rings. The molecule has 1 aliphatic rings. The average molecular weight is 199 g/mol. The number of likely N-dealkylation sites (tertiary alicyclic amines) is 1. The third-order valence-corrected chi connectivity index (χ3v) is 2.51. The predicted octanol–water partition coefficient (Wildman–Crippen LogP) is -0.0643. The molecule has 1 amide bonds.